The van der Waals surface area contributed by atoms with E-state index in [2.05, 4.69) is 38.5 Å². The first kappa shape index (κ1) is 14.3. The first-order valence-electron chi connectivity index (χ1n) is 5.40. The van der Waals surface area contributed by atoms with E-state index in [1.54, 1.807) is 6.07 Å². The summed E-state index contributed by atoms with van der Waals surface area (Å²) in [7, 11) is 0. The molecule has 94 valence electrons. The Bertz CT molecular complexity index is 559. The number of benzene rings is 2. The maximum absolute atomic E-state index is 13.1. The number of alkyl halides is 1. The Labute approximate surface area is 133 Å². The molecule has 0 heterocycles. The van der Waals surface area contributed by atoms with Gasteiger partial charge >= 0.3 is 0 Å². The summed E-state index contributed by atoms with van der Waals surface area (Å²) in [5.41, 5.74) is 1.97. The van der Waals surface area contributed by atoms with Crippen molar-refractivity contribution in [1.29, 1.82) is 0 Å². The highest BCUT2D eigenvalue weighted by Gasteiger charge is 2.13. The molecule has 2 rings (SSSR count). The van der Waals surface area contributed by atoms with Gasteiger partial charge in [0.2, 0.25) is 0 Å². The predicted octanol–water partition coefficient (Wildman–Crippen LogP) is 5.72. The Balaban J connectivity index is 2.21. The molecule has 1 unspecified atom stereocenters. The quantitative estimate of drug-likeness (QED) is 0.424. The van der Waals surface area contributed by atoms with Crippen molar-refractivity contribution >= 4 is 50.1 Å². The maximum atomic E-state index is 13.1. The molecule has 2 aromatic rings. The molecule has 0 amide bonds. The molecule has 0 bridgehead atoms. The van der Waals surface area contributed by atoms with Gasteiger partial charge in [-0.1, -0.05) is 28.1 Å². The number of hydrogen-bond donors (Lipinski definition) is 0. The molecule has 0 aliphatic carbocycles. The van der Waals surface area contributed by atoms with Crippen molar-refractivity contribution in [2.45, 2.75) is 11.8 Å². The van der Waals surface area contributed by atoms with Crippen LogP contribution in [0, 0.1) is 9.39 Å². The minimum Gasteiger partial charge on any atom is -0.207 e. The van der Waals surface area contributed by atoms with Crippen LogP contribution in [0.15, 0.2) is 46.9 Å². The molecule has 0 aliphatic rings. The molecule has 0 fully saturated rings. The lowest BCUT2D eigenvalue weighted by Crippen LogP contribution is -1.99. The van der Waals surface area contributed by atoms with Crippen LogP contribution in [0.25, 0.3) is 0 Å². The zero-order chi connectivity index (χ0) is 13.1. The highest BCUT2D eigenvalue weighted by molar-refractivity contribution is 14.1. The van der Waals surface area contributed by atoms with Gasteiger partial charge in [-0.3, -0.25) is 0 Å². The minimum atomic E-state index is -0.222. The van der Waals surface area contributed by atoms with Gasteiger partial charge in [0, 0.05) is 8.04 Å². The van der Waals surface area contributed by atoms with Gasteiger partial charge in [-0.2, -0.15) is 0 Å². The van der Waals surface area contributed by atoms with Crippen LogP contribution in [-0.4, -0.2) is 0 Å². The van der Waals surface area contributed by atoms with Crippen molar-refractivity contribution in [1.82, 2.24) is 0 Å². The van der Waals surface area contributed by atoms with E-state index in [1.165, 1.54) is 12.1 Å². The third-order valence-corrected chi connectivity index (χ3v) is 4.46. The fourth-order valence-corrected chi connectivity index (χ4v) is 3.37. The molecular weight excluding hydrogens is 429 g/mol. The normalized spacial score (nSPS) is 12.4. The SMILES string of the molecule is Fc1cccc(CC(Cl)c2cc(Br)ccc2I)c1. The summed E-state index contributed by atoms with van der Waals surface area (Å²) in [6.45, 7) is 0. The van der Waals surface area contributed by atoms with E-state index in [9.17, 15) is 4.39 Å². The molecule has 4 heteroatoms. The monoisotopic (exact) mass is 438 g/mol. The van der Waals surface area contributed by atoms with Crippen molar-refractivity contribution < 1.29 is 4.39 Å². The molecule has 0 spiro atoms. The lowest BCUT2D eigenvalue weighted by atomic mass is 10.0. The van der Waals surface area contributed by atoms with Gasteiger partial charge in [0.25, 0.3) is 0 Å². The Morgan fingerprint density at radius 3 is 2.72 bits per heavy atom. The van der Waals surface area contributed by atoms with Crippen molar-refractivity contribution in [3.05, 3.63) is 67.5 Å². The van der Waals surface area contributed by atoms with Crippen LogP contribution in [0.3, 0.4) is 0 Å². The van der Waals surface area contributed by atoms with Crippen LogP contribution in [0.1, 0.15) is 16.5 Å². The molecular formula is C14H10BrClFI. The fourth-order valence-electron chi connectivity index (χ4n) is 1.74. The summed E-state index contributed by atoms with van der Waals surface area (Å²) in [6, 6.07) is 12.6. The highest BCUT2D eigenvalue weighted by atomic mass is 127. The maximum Gasteiger partial charge on any atom is 0.123 e. The molecule has 0 aliphatic heterocycles. The lowest BCUT2D eigenvalue weighted by Gasteiger charge is -2.12. The second kappa shape index (κ2) is 6.35. The summed E-state index contributed by atoms with van der Waals surface area (Å²) >= 11 is 12.1. The fraction of sp³-hybridized carbons (Fsp3) is 0.143. The topological polar surface area (TPSA) is 0 Å². The first-order valence-corrected chi connectivity index (χ1v) is 7.70. The minimum absolute atomic E-state index is 0.156. The van der Waals surface area contributed by atoms with E-state index < -0.39 is 0 Å². The van der Waals surface area contributed by atoms with Gasteiger partial charge < -0.3 is 0 Å². The van der Waals surface area contributed by atoms with Crippen LogP contribution in [-0.2, 0) is 6.42 Å². The largest absolute Gasteiger partial charge is 0.207 e. The third-order valence-electron chi connectivity index (χ3n) is 2.60. The van der Waals surface area contributed by atoms with Crippen LogP contribution in [0.5, 0.6) is 0 Å². The molecule has 0 saturated carbocycles. The van der Waals surface area contributed by atoms with Crippen molar-refractivity contribution in [3.63, 3.8) is 0 Å². The molecule has 0 saturated heterocycles. The van der Waals surface area contributed by atoms with Crippen LogP contribution in [0.4, 0.5) is 4.39 Å². The van der Waals surface area contributed by atoms with E-state index in [1.807, 2.05) is 24.3 Å². The van der Waals surface area contributed by atoms with E-state index in [0.29, 0.717) is 6.42 Å². The molecule has 18 heavy (non-hydrogen) atoms. The molecule has 0 N–H and O–H groups in total. The van der Waals surface area contributed by atoms with Crippen LogP contribution < -0.4 is 0 Å². The highest BCUT2D eigenvalue weighted by Crippen LogP contribution is 2.31. The molecule has 1 atom stereocenters. The van der Waals surface area contributed by atoms with Gasteiger partial charge in [0.05, 0.1) is 5.38 Å². The Hall–Kier alpha value is -0.130. The summed E-state index contributed by atoms with van der Waals surface area (Å²) < 4.78 is 15.2. The Morgan fingerprint density at radius 2 is 2.00 bits per heavy atom. The van der Waals surface area contributed by atoms with E-state index in [0.717, 1.165) is 19.2 Å². The average Bonchev–Trinajstić information content (AvgIpc) is 2.32. The second-order valence-electron chi connectivity index (χ2n) is 3.97. The zero-order valence-electron chi connectivity index (χ0n) is 9.34. The van der Waals surface area contributed by atoms with E-state index >= 15 is 0 Å². The molecule has 2 aromatic carbocycles. The first-order chi connectivity index (χ1) is 8.56. The van der Waals surface area contributed by atoms with Gasteiger partial charge in [0.1, 0.15) is 5.82 Å². The Morgan fingerprint density at radius 1 is 1.22 bits per heavy atom. The number of rotatable bonds is 3. The van der Waals surface area contributed by atoms with Crippen LogP contribution >= 0.6 is 50.1 Å². The third kappa shape index (κ3) is 3.68. The Kier molecular flexibility index (Phi) is 5.04. The standard InChI is InChI=1S/C14H10BrClFI/c15-10-4-5-14(18)12(8-10)13(16)7-9-2-1-3-11(17)6-9/h1-6,8,13H,7H2. The predicted molar refractivity (Wildman–Crippen MR) is 85.6 cm³/mol. The van der Waals surface area contributed by atoms with Gasteiger partial charge in [-0.05, 0) is 70.5 Å². The van der Waals surface area contributed by atoms with Gasteiger partial charge in [-0.15, -0.1) is 11.6 Å². The van der Waals surface area contributed by atoms with Gasteiger partial charge in [-0.25, -0.2) is 4.39 Å². The number of halogens is 4. The van der Waals surface area contributed by atoms with Crippen molar-refractivity contribution in [3.8, 4) is 0 Å². The van der Waals surface area contributed by atoms with Crippen molar-refractivity contribution in [2.75, 3.05) is 0 Å². The van der Waals surface area contributed by atoms with Crippen LogP contribution in [0.2, 0.25) is 0 Å². The average molecular weight is 439 g/mol. The summed E-state index contributed by atoms with van der Waals surface area (Å²) in [4.78, 5) is 0. The van der Waals surface area contributed by atoms with Gasteiger partial charge in [0.15, 0.2) is 0 Å². The summed E-state index contributed by atoms with van der Waals surface area (Å²) in [5, 5.41) is -0.156. The van der Waals surface area contributed by atoms with E-state index in [-0.39, 0.29) is 11.2 Å². The van der Waals surface area contributed by atoms with Crippen molar-refractivity contribution in [2.24, 2.45) is 0 Å². The molecule has 0 aromatic heterocycles. The lowest BCUT2D eigenvalue weighted by molar-refractivity contribution is 0.625. The molecule has 0 radical (unpaired) electrons. The zero-order valence-corrected chi connectivity index (χ0v) is 13.8. The summed E-state index contributed by atoms with van der Waals surface area (Å²) in [5.74, 6) is -0.222. The summed E-state index contributed by atoms with van der Waals surface area (Å²) in [6.07, 6.45) is 0.617. The second-order valence-corrected chi connectivity index (χ2v) is 6.57. The van der Waals surface area contributed by atoms with E-state index in [4.69, 9.17) is 11.6 Å². The molecule has 0 nitrogen and oxygen atoms in total. The number of hydrogen-bond acceptors (Lipinski definition) is 0. The smallest absolute Gasteiger partial charge is 0.123 e.